The fourth-order valence-corrected chi connectivity index (χ4v) is 2.83. The Balaban J connectivity index is 2.75. The van der Waals surface area contributed by atoms with Gasteiger partial charge in [0, 0.05) is 12.5 Å². The monoisotopic (exact) mass is 408 g/mol. The van der Waals surface area contributed by atoms with Crippen LogP contribution in [0.4, 0.5) is 4.79 Å². The molecule has 0 saturated carbocycles. The molecule has 0 radical (unpaired) electrons. The molecule has 6 nitrogen and oxygen atoms in total. The summed E-state index contributed by atoms with van der Waals surface area (Å²) in [4.78, 5) is 24.7. The lowest BCUT2D eigenvalue weighted by atomic mass is 10.0. The molecule has 0 spiro atoms. The summed E-state index contributed by atoms with van der Waals surface area (Å²) in [6.07, 6.45) is 0.0858. The molecule has 1 aromatic carbocycles. The van der Waals surface area contributed by atoms with E-state index in [1.807, 2.05) is 30.3 Å². The second-order valence-electron chi connectivity index (χ2n) is 9.62. The Morgan fingerprint density at radius 2 is 1.61 bits per heavy atom. The molecule has 0 aromatic heterocycles. The quantitative estimate of drug-likeness (QED) is 0.512. The van der Waals surface area contributed by atoms with Crippen LogP contribution in [0.15, 0.2) is 30.3 Å². The van der Waals surface area contributed by atoms with E-state index in [1.165, 1.54) is 0 Å². The molecule has 158 valence electrons. The largest absolute Gasteiger partial charge is 0.444 e. The van der Waals surface area contributed by atoms with Crippen molar-refractivity contribution >= 4 is 20.3 Å². The highest BCUT2D eigenvalue weighted by atomic mass is 28.4. The molecule has 0 bridgehead atoms. The number of hydrogen-bond donors (Lipinski definition) is 2. The number of nitrogens with one attached hydrogen (secondary N) is 2. The Hall–Kier alpha value is -1.86. The Morgan fingerprint density at radius 1 is 1.04 bits per heavy atom. The van der Waals surface area contributed by atoms with Gasteiger partial charge in [-0.3, -0.25) is 4.79 Å². The summed E-state index contributed by atoms with van der Waals surface area (Å²) in [6.45, 7) is 15.9. The van der Waals surface area contributed by atoms with Gasteiger partial charge in [-0.05, 0) is 50.9 Å². The third kappa shape index (κ3) is 8.88. The summed E-state index contributed by atoms with van der Waals surface area (Å²) in [6, 6.07) is 9.32. The van der Waals surface area contributed by atoms with Gasteiger partial charge in [0.1, 0.15) is 5.60 Å². The fourth-order valence-electron chi connectivity index (χ4n) is 2.15. The van der Waals surface area contributed by atoms with Crippen molar-refractivity contribution in [2.75, 3.05) is 0 Å². The number of carbonyl (C=O) groups is 2. The van der Waals surface area contributed by atoms with Crippen LogP contribution in [0.2, 0.25) is 18.1 Å². The molecule has 0 unspecified atom stereocenters. The summed E-state index contributed by atoms with van der Waals surface area (Å²) in [5.41, 5.74) is 3.03. The van der Waals surface area contributed by atoms with E-state index < -0.39 is 26.1 Å². The Labute approximate surface area is 170 Å². The van der Waals surface area contributed by atoms with Gasteiger partial charge in [-0.15, -0.1) is 0 Å². The highest BCUT2D eigenvalue weighted by molar-refractivity contribution is 6.74. The highest BCUT2D eigenvalue weighted by Gasteiger charge is 2.38. The minimum absolute atomic E-state index is 0.0154. The lowest BCUT2D eigenvalue weighted by Crippen LogP contribution is -2.48. The van der Waals surface area contributed by atoms with E-state index in [-0.39, 0.29) is 17.4 Å². The van der Waals surface area contributed by atoms with E-state index >= 15 is 0 Å². The molecule has 0 aliphatic heterocycles. The van der Waals surface area contributed by atoms with Crippen LogP contribution in [0.5, 0.6) is 0 Å². The van der Waals surface area contributed by atoms with Gasteiger partial charge in [0.05, 0.1) is 0 Å². The van der Waals surface area contributed by atoms with Crippen molar-refractivity contribution in [3.05, 3.63) is 35.9 Å². The summed E-state index contributed by atoms with van der Waals surface area (Å²) >= 11 is 0. The minimum Gasteiger partial charge on any atom is -0.444 e. The van der Waals surface area contributed by atoms with E-state index in [1.54, 1.807) is 20.8 Å². The van der Waals surface area contributed by atoms with Crippen LogP contribution >= 0.6 is 0 Å². The van der Waals surface area contributed by atoms with Crippen molar-refractivity contribution in [2.24, 2.45) is 0 Å². The van der Waals surface area contributed by atoms with Crippen LogP contribution in [0.3, 0.4) is 0 Å². The maximum Gasteiger partial charge on any atom is 0.407 e. The highest BCUT2D eigenvalue weighted by Crippen LogP contribution is 2.35. The summed E-state index contributed by atoms with van der Waals surface area (Å²) in [5, 5.41) is 2.80. The second kappa shape index (κ2) is 9.56. The number of rotatable bonds is 7. The number of hydroxylamine groups is 1. The third-order valence-electron chi connectivity index (χ3n) is 4.70. The number of amides is 2. The number of carbonyl (C=O) groups excluding carboxylic acids is 2. The minimum atomic E-state index is -2.10. The number of hydrogen-bond acceptors (Lipinski definition) is 4. The average molecular weight is 409 g/mol. The van der Waals surface area contributed by atoms with E-state index in [9.17, 15) is 9.59 Å². The van der Waals surface area contributed by atoms with Crippen molar-refractivity contribution in [3.8, 4) is 0 Å². The van der Waals surface area contributed by atoms with Crippen molar-refractivity contribution in [1.82, 2.24) is 10.8 Å². The third-order valence-corrected chi connectivity index (χ3v) is 8.93. The predicted octanol–water partition coefficient (Wildman–Crippen LogP) is 4.57. The Bertz CT molecular complexity index is 649. The second-order valence-corrected chi connectivity index (χ2v) is 14.3. The molecule has 0 saturated heterocycles. The molecule has 1 atom stereocenters. The maximum absolute atomic E-state index is 12.5. The fraction of sp³-hybridized carbons (Fsp3) is 0.619. The molecule has 0 aliphatic rings. The average Bonchev–Trinajstić information content (AvgIpc) is 2.51. The molecule has 0 fully saturated rings. The predicted molar refractivity (Wildman–Crippen MR) is 114 cm³/mol. The van der Waals surface area contributed by atoms with Crippen molar-refractivity contribution < 1.29 is 18.9 Å². The van der Waals surface area contributed by atoms with Gasteiger partial charge < -0.3 is 14.6 Å². The smallest absolute Gasteiger partial charge is 0.407 e. The number of alkyl carbamates (subject to hydrolysis) is 1. The maximum atomic E-state index is 12.5. The van der Waals surface area contributed by atoms with E-state index in [0.717, 1.165) is 5.56 Å². The number of ether oxygens (including phenoxy) is 1. The van der Waals surface area contributed by atoms with Gasteiger partial charge >= 0.3 is 6.09 Å². The molecule has 28 heavy (non-hydrogen) atoms. The Kier molecular flexibility index (Phi) is 8.25. The molecule has 2 amide bonds. The Morgan fingerprint density at radius 3 is 2.11 bits per heavy atom. The standard InChI is InChI=1S/C21H36N2O4Si/c1-20(2,3)26-19(25)22-17(14-16-12-10-9-11-13-16)15-18(24)23-27-28(7,8)21(4,5)6/h9-13,17H,14-15H2,1-8H3,(H,22,25)(H,23,24)/t17-/m0/s1. The molecule has 1 aromatic rings. The van der Waals surface area contributed by atoms with Crippen molar-refractivity contribution in [3.63, 3.8) is 0 Å². The zero-order chi connectivity index (χ0) is 21.6. The van der Waals surface area contributed by atoms with E-state index in [4.69, 9.17) is 9.26 Å². The molecule has 2 N–H and O–H groups in total. The first-order valence-electron chi connectivity index (χ1n) is 9.70. The lowest BCUT2D eigenvalue weighted by molar-refractivity contribution is -0.128. The molecule has 7 heteroatoms. The molecule has 0 heterocycles. The van der Waals surface area contributed by atoms with Gasteiger partial charge in [-0.2, -0.15) is 0 Å². The first-order chi connectivity index (χ1) is 12.7. The normalized spacial score (nSPS) is 13.6. The first-order valence-corrected chi connectivity index (χ1v) is 12.6. The van der Waals surface area contributed by atoms with Crippen LogP contribution in [0, 0.1) is 0 Å². The van der Waals surface area contributed by atoms with Gasteiger partial charge in [0.25, 0.3) is 0 Å². The van der Waals surface area contributed by atoms with E-state index in [2.05, 4.69) is 44.7 Å². The van der Waals surface area contributed by atoms with Gasteiger partial charge in [0.15, 0.2) is 0 Å². The molecular weight excluding hydrogens is 372 g/mol. The van der Waals surface area contributed by atoms with Gasteiger partial charge in [-0.1, -0.05) is 51.1 Å². The molecule has 1 rings (SSSR count). The molecule has 0 aliphatic carbocycles. The topological polar surface area (TPSA) is 76.7 Å². The lowest BCUT2D eigenvalue weighted by Gasteiger charge is -2.35. The molecular formula is C21H36N2O4Si. The van der Waals surface area contributed by atoms with Crippen LogP contribution in [-0.2, 0) is 20.5 Å². The summed E-state index contributed by atoms with van der Waals surface area (Å²) in [5.74, 6) is -0.262. The zero-order valence-electron chi connectivity index (χ0n) is 18.5. The van der Waals surface area contributed by atoms with E-state index in [0.29, 0.717) is 6.42 Å². The SMILES string of the molecule is CC(C)(C)OC(=O)N[C@H](CC(=O)NO[Si](C)(C)C(C)(C)C)Cc1ccccc1. The summed E-state index contributed by atoms with van der Waals surface area (Å²) in [7, 11) is -2.10. The zero-order valence-corrected chi connectivity index (χ0v) is 19.5. The van der Waals surface area contributed by atoms with Crippen LogP contribution in [0.25, 0.3) is 0 Å². The van der Waals surface area contributed by atoms with Crippen LogP contribution in [-0.4, -0.2) is 32.0 Å². The van der Waals surface area contributed by atoms with Crippen molar-refractivity contribution in [2.45, 2.75) is 84.2 Å². The van der Waals surface area contributed by atoms with Crippen LogP contribution < -0.4 is 10.8 Å². The first kappa shape index (κ1) is 24.2. The van der Waals surface area contributed by atoms with Gasteiger partial charge in [0.2, 0.25) is 14.2 Å². The summed E-state index contributed by atoms with van der Waals surface area (Å²) < 4.78 is 11.1. The van der Waals surface area contributed by atoms with Gasteiger partial charge in [-0.25, -0.2) is 10.3 Å². The van der Waals surface area contributed by atoms with Crippen molar-refractivity contribution in [1.29, 1.82) is 0 Å². The van der Waals surface area contributed by atoms with Crippen LogP contribution in [0.1, 0.15) is 53.5 Å². The number of benzene rings is 1.